The third-order valence-corrected chi connectivity index (χ3v) is 4.09. The first kappa shape index (κ1) is 17.4. The van der Waals surface area contributed by atoms with Gasteiger partial charge in [0.2, 0.25) is 0 Å². The Kier molecular flexibility index (Phi) is 5.13. The second-order valence-corrected chi connectivity index (χ2v) is 6.21. The van der Waals surface area contributed by atoms with Crippen molar-refractivity contribution in [2.75, 3.05) is 24.7 Å². The SMILES string of the molecule is CN(C)c1ccc(C=Nc2cc(C(=O)c3ccccc3)ccc2N)cc1. The molecule has 0 radical (unpaired) electrons. The summed E-state index contributed by atoms with van der Waals surface area (Å²) in [5, 5.41) is 0. The van der Waals surface area contributed by atoms with Gasteiger partial charge in [0.15, 0.2) is 5.78 Å². The van der Waals surface area contributed by atoms with Gasteiger partial charge in [0, 0.05) is 37.1 Å². The molecule has 3 rings (SSSR count). The van der Waals surface area contributed by atoms with Gasteiger partial charge in [0.05, 0.1) is 11.4 Å². The van der Waals surface area contributed by atoms with E-state index in [1.807, 2.05) is 61.5 Å². The van der Waals surface area contributed by atoms with Crippen LogP contribution in [-0.4, -0.2) is 26.1 Å². The molecule has 0 fully saturated rings. The van der Waals surface area contributed by atoms with Gasteiger partial charge in [-0.3, -0.25) is 9.79 Å². The summed E-state index contributed by atoms with van der Waals surface area (Å²) in [6, 6.07) is 22.4. The topological polar surface area (TPSA) is 58.7 Å². The van der Waals surface area contributed by atoms with Crippen molar-refractivity contribution in [2.45, 2.75) is 0 Å². The minimum absolute atomic E-state index is 0.0441. The second-order valence-electron chi connectivity index (χ2n) is 6.21. The zero-order chi connectivity index (χ0) is 18.5. The first-order chi connectivity index (χ1) is 12.5. The van der Waals surface area contributed by atoms with E-state index in [0.29, 0.717) is 22.5 Å². The predicted octanol–water partition coefficient (Wildman–Crippen LogP) is 4.32. The zero-order valence-corrected chi connectivity index (χ0v) is 14.9. The van der Waals surface area contributed by atoms with Crippen LogP contribution in [0.5, 0.6) is 0 Å². The number of nitrogens with zero attached hydrogens (tertiary/aromatic N) is 2. The molecule has 0 amide bonds. The monoisotopic (exact) mass is 343 g/mol. The summed E-state index contributed by atoms with van der Waals surface area (Å²) in [5.41, 5.74) is 10.5. The van der Waals surface area contributed by atoms with Crippen molar-refractivity contribution < 1.29 is 4.79 Å². The van der Waals surface area contributed by atoms with E-state index in [1.165, 1.54) is 0 Å². The number of rotatable bonds is 5. The maximum atomic E-state index is 12.6. The second kappa shape index (κ2) is 7.66. The molecule has 3 aromatic rings. The van der Waals surface area contributed by atoms with Crippen LogP contribution >= 0.6 is 0 Å². The Morgan fingerprint density at radius 3 is 2.27 bits per heavy atom. The molecule has 26 heavy (non-hydrogen) atoms. The van der Waals surface area contributed by atoms with E-state index < -0.39 is 0 Å². The number of nitrogen functional groups attached to an aromatic ring is 1. The van der Waals surface area contributed by atoms with Crippen LogP contribution in [0.15, 0.2) is 77.8 Å². The third kappa shape index (κ3) is 3.98. The molecule has 4 nitrogen and oxygen atoms in total. The third-order valence-electron chi connectivity index (χ3n) is 4.09. The van der Waals surface area contributed by atoms with Crippen LogP contribution in [0.3, 0.4) is 0 Å². The molecule has 0 bridgehead atoms. The van der Waals surface area contributed by atoms with Crippen LogP contribution in [0, 0.1) is 0 Å². The highest BCUT2D eigenvalue weighted by atomic mass is 16.1. The molecule has 0 spiro atoms. The lowest BCUT2D eigenvalue weighted by Gasteiger charge is -2.11. The molecule has 0 aliphatic rings. The van der Waals surface area contributed by atoms with Gasteiger partial charge in [-0.1, -0.05) is 42.5 Å². The largest absolute Gasteiger partial charge is 0.397 e. The molecule has 130 valence electrons. The fraction of sp³-hybridized carbons (Fsp3) is 0.0909. The minimum atomic E-state index is -0.0441. The van der Waals surface area contributed by atoms with Crippen molar-refractivity contribution >= 4 is 29.1 Å². The Balaban J connectivity index is 1.85. The molecule has 2 N–H and O–H groups in total. The summed E-state index contributed by atoms with van der Waals surface area (Å²) in [4.78, 5) is 19.1. The number of nitrogens with two attached hydrogens (primary N) is 1. The summed E-state index contributed by atoms with van der Waals surface area (Å²) >= 11 is 0. The first-order valence-corrected chi connectivity index (χ1v) is 8.35. The molecule has 0 atom stereocenters. The highest BCUT2D eigenvalue weighted by Crippen LogP contribution is 2.25. The van der Waals surface area contributed by atoms with Crippen LogP contribution < -0.4 is 10.6 Å². The minimum Gasteiger partial charge on any atom is -0.397 e. The molecule has 0 unspecified atom stereocenters. The molecule has 0 aliphatic carbocycles. The van der Waals surface area contributed by atoms with Crippen molar-refractivity contribution in [3.8, 4) is 0 Å². The number of benzene rings is 3. The maximum absolute atomic E-state index is 12.6. The van der Waals surface area contributed by atoms with Crippen molar-refractivity contribution in [3.63, 3.8) is 0 Å². The standard InChI is InChI=1S/C22H21N3O/c1-25(2)19-11-8-16(9-12-19)15-24-21-14-18(10-13-20(21)23)22(26)17-6-4-3-5-7-17/h3-15H,23H2,1-2H3. The highest BCUT2D eigenvalue weighted by Gasteiger charge is 2.10. The van der Waals surface area contributed by atoms with E-state index in [-0.39, 0.29) is 5.78 Å². The Morgan fingerprint density at radius 1 is 0.923 bits per heavy atom. The van der Waals surface area contributed by atoms with Crippen molar-refractivity contribution in [1.82, 2.24) is 0 Å². The quantitative estimate of drug-likeness (QED) is 0.426. The Bertz CT molecular complexity index is 929. The Morgan fingerprint density at radius 2 is 1.62 bits per heavy atom. The van der Waals surface area contributed by atoms with Gasteiger partial charge in [-0.05, 0) is 35.9 Å². The Hall–Kier alpha value is -3.40. The number of anilines is 2. The number of carbonyl (C=O) groups excluding carboxylic acids is 1. The van der Waals surface area contributed by atoms with E-state index in [2.05, 4.69) is 4.99 Å². The highest BCUT2D eigenvalue weighted by molar-refractivity contribution is 6.09. The number of aliphatic imine (C=N–C) groups is 1. The van der Waals surface area contributed by atoms with Gasteiger partial charge in [-0.2, -0.15) is 0 Å². The van der Waals surface area contributed by atoms with Crippen LogP contribution in [-0.2, 0) is 0 Å². The smallest absolute Gasteiger partial charge is 0.193 e. The number of hydrogen-bond acceptors (Lipinski definition) is 4. The van der Waals surface area contributed by atoms with E-state index in [1.54, 1.807) is 36.5 Å². The fourth-order valence-corrected chi connectivity index (χ4v) is 2.56. The van der Waals surface area contributed by atoms with E-state index in [0.717, 1.165) is 11.3 Å². The van der Waals surface area contributed by atoms with Gasteiger partial charge in [0.1, 0.15) is 0 Å². The molecule has 0 heterocycles. The number of hydrogen-bond donors (Lipinski definition) is 1. The normalized spacial score (nSPS) is 10.8. The molecule has 0 aliphatic heterocycles. The zero-order valence-electron chi connectivity index (χ0n) is 14.9. The first-order valence-electron chi connectivity index (χ1n) is 8.35. The lowest BCUT2D eigenvalue weighted by atomic mass is 10.0. The molecule has 4 heteroatoms. The molecular formula is C22H21N3O. The van der Waals surface area contributed by atoms with Crippen molar-refractivity contribution in [3.05, 3.63) is 89.5 Å². The van der Waals surface area contributed by atoms with Gasteiger partial charge in [0.25, 0.3) is 0 Å². The summed E-state index contributed by atoms with van der Waals surface area (Å²) in [7, 11) is 4.00. The van der Waals surface area contributed by atoms with E-state index in [9.17, 15) is 4.79 Å². The molecular weight excluding hydrogens is 322 g/mol. The van der Waals surface area contributed by atoms with Crippen molar-refractivity contribution in [2.24, 2.45) is 4.99 Å². The fourth-order valence-electron chi connectivity index (χ4n) is 2.56. The van der Waals surface area contributed by atoms with Crippen LogP contribution in [0.1, 0.15) is 21.5 Å². The average molecular weight is 343 g/mol. The summed E-state index contributed by atoms with van der Waals surface area (Å²) in [6.07, 6.45) is 1.75. The van der Waals surface area contributed by atoms with E-state index >= 15 is 0 Å². The average Bonchev–Trinajstić information content (AvgIpc) is 2.68. The molecule has 0 aromatic heterocycles. The summed E-state index contributed by atoms with van der Waals surface area (Å²) in [5.74, 6) is -0.0441. The lowest BCUT2D eigenvalue weighted by Crippen LogP contribution is -2.08. The maximum Gasteiger partial charge on any atom is 0.193 e. The molecule has 3 aromatic carbocycles. The van der Waals surface area contributed by atoms with Gasteiger partial charge in [-0.25, -0.2) is 0 Å². The van der Waals surface area contributed by atoms with Crippen LogP contribution in [0.2, 0.25) is 0 Å². The van der Waals surface area contributed by atoms with Gasteiger partial charge < -0.3 is 10.6 Å². The van der Waals surface area contributed by atoms with Crippen molar-refractivity contribution in [1.29, 1.82) is 0 Å². The Labute approximate surface area is 153 Å². The lowest BCUT2D eigenvalue weighted by molar-refractivity contribution is 0.103. The predicted molar refractivity (Wildman–Crippen MR) is 109 cm³/mol. The summed E-state index contributed by atoms with van der Waals surface area (Å²) in [6.45, 7) is 0. The van der Waals surface area contributed by atoms with Crippen LogP contribution in [0.25, 0.3) is 0 Å². The molecule has 0 saturated carbocycles. The molecule has 0 saturated heterocycles. The summed E-state index contributed by atoms with van der Waals surface area (Å²) < 4.78 is 0. The van der Waals surface area contributed by atoms with Gasteiger partial charge >= 0.3 is 0 Å². The van der Waals surface area contributed by atoms with E-state index in [4.69, 9.17) is 5.73 Å². The number of carbonyl (C=O) groups is 1. The van der Waals surface area contributed by atoms with Gasteiger partial charge in [-0.15, -0.1) is 0 Å². The van der Waals surface area contributed by atoms with Crippen LogP contribution in [0.4, 0.5) is 17.1 Å². The number of ketones is 1.